The lowest BCUT2D eigenvalue weighted by molar-refractivity contribution is 0.0747. The van der Waals surface area contributed by atoms with Gasteiger partial charge in [-0.15, -0.1) is 0 Å². The first-order chi connectivity index (χ1) is 12.7. The Morgan fingerprint density at radius 2 is 1.50 bits per heavy atom. The van der Waals surface area contributed by atoms with Crippen LogP contribution in [0.5, 0.6) is 0 Å². The van der Waals surface area contributed by atoms with Gasteiger partial charge < -0.3 is 14.7 Å². The first kappa shape index (κ1) is 16.9. The highest BCUT2D eigenvalue weighted by molar-refractivity contribution is 5.94. The Morgan fingerprint density at radius 3 is 2.19 bits per heavy atom. The summed E-state index contributed by atoms with van der Waals surface area (Å²) in [6, 6.07) is 14.8. The predicted molar refractivity (Wildman–Crippen MR) is 102 cm³/mol. The van der Waals surface area contributed by atoms with Crippen LogP contribution >= 0.6 is 0 Å². The number of benzene rings is 2. The van der Waals surface area contributed by atoms with Crippen molar-refractivity contribution < 1.29 is 9.18 Å². The largest absolute Gasteiger partial charge is 0.369 e. The van der Waals surface area contributed by atoms with E-state index >= 15 is 0 Å². The van der Waals surface area contributed by atoms with Gasteiger partial charge in [0.25, 0.3) is 5.91 Å². The number of hydrogen-bond donors (Lipinski definition) is 0. The van der Waals surface area contributed by atoms with Crippen LogP contribution in [0.3, 0.4) is 0 Å². The average molecular weight is 353 g/mol. The number of halogens is 1. The van der Waals surface area contributed by atoms with Gasteiger partial charge in [-0.05, 0) is 43.2 Å². The maximum atomic E-state index is 14.2. The summed E-state index contributed by atoms with van der Waals surface area (Å²) in [7, 11) is 0. The van der Waals surface area contributed by atoms with E-state index in [2.05, 4.69) is 9.80 Å². The molecule has 0 saturated carbocycles. The van der Waals surface area contributed by atoms with E-state index in [0.717, 1.165) is 50.3 Å². The van der Waals surface area contributed by atoms with Crippen molar-refractivity contribution in [1.29, 1.82) is 0 Å². The van der Waals surface area contributed by atoms with Gasteiger partial charge >= 0.3 is 0 Å². The summed E-state index contributed by atoms with van der Waals surface area (Å²) >= 11 is 0. The van der Waals surface area contributed by atoms with Crippen LogP contribution < -0.4 is 9.80 Å². The maximum Gasteiger partial charge on any atom is 0.253 e. The smallest absolute Gasteiger partial charge is 0.253 e. The average Bonchev–Trinajstić information content (AvgIpc) is 3.23. The molecule has 0 N–H and O–H groups in total. The first-order valence-electron chi connectivity index (χ1n) is 9.36. The summed E-state index contributed by atoms with van der Waals surface area (Å²) in [5.74, 6) is -0.0596. The van der Waals surface area contributed by atoms with E-state index in [-0.39, 0.29) is 11.7 Å². The lowest BCUT2D eigenvalue weighted by atomic mass is 10.1. The molecule has 2 aromatic carbocycles. The third kappa shape index (κ3) is 3.39. The standard InChI is InChI=1S/C21H24FN3O/c22-19-9-8-18(16-20(19)24-10-4-5-11-24)23-12-14-25(15-13-23)21(26)17-6-2-1-3-7-17/h1-3,6-9,16H,4-5,10-15H2. The van der Waals surface area contributed by atoms with E-state index in [1.54, 1.807) is 6.07 Å². The fraction of sp³-hybridized carbons (Fsp3) is 0.381. The van der Waals surface area contributed by atoms with Crippen LogP contribution in [0.2, 0.25) is 0 Å². The van der Waals surface area contributed by atoms with Gasteiger partial charge in [0, 0.05) is 50.5 Å². The van der Waals surface area contributed by atoms with Crippen molar-refractivity contribution >= 4 is 17.3 Å². The quantitative estimate of drug-likeness (QED) is 0.846. The highest BCUT2D eigenvalue weighted by Gasteiger charge is 2.23. The highest BCUT2D eigenvalue weighted by atomic mass is 19.1. The fourth-order valence-electron chi connectivity index (χ4n) is 3.83. The number of anilines is 2. The van der Waals surface area contributed by atoms with Crippen LogP contribution in [0.15, 0.2) is 48.5 Å². The molecule has 2 aromatic rings. The number of carbonyl (C=O) groups is 1. The molecule has 0 radical (unpaired) electrons. The predicted octanol–water partition coefficient (Wildman–Crippen LogP) is 3.39. The van der Waals surface area contributed by atoms with Gasteiger partial charge in [-0.25, -0.2) is 4.39 Å². The normalized spacial score (nSPS) is 17.7. The van der Waals surface area contributed by atoms with E-state index in [0.29, 0.717) is 18.8 Å². The number of nitrogens with zero attached hydrogens (tertiary/aromatic N) is 3. The van der Waals surface area contributed by atoms with Crippen molar-refractivity contribution in [3.8, 4) is 0 Å². The molecule has 4 nitrogen and oxygen atoms in total. The van der Waals surface area contributed by atoms with Gasteiger partial charge in [-0.1, -0.05) is 18.2 Å². The first-order valence-corrected chi connectivity index (χ1v) is 9.36. The van der Waals surface area contributed by atoms with Crippen LogP contribution in [0.25, 0.3) is 0 Å². The number of piperazine rings is 1. The minimum Gasteiger partial charge on any atom is -0.369 e. The Labute approximate surface area is 153 Å². The van der Waals surface area contributed by atoms with Crippen LogP contribution in [-0.2, 0) is 0 Å². The van der Waals surface area contributed by atoms with Gasteiger partial charge in [0.2, 0.25) is 0 Å². The minimum absolute atomic E-state index is 0.0853. The summed E-state index contributed by atoms with van der Waals surface area (Å²) in [5, 5.41) is 0. The minimum atomic E-state index is -0.145. The highest BCUT2D eigenvalue weighted by Crippen LogP contribution is 2.29. The Balaban J connectivity index is 1.43. The van der Waals surface area contributed by atoms with Crippen molar-refractivity contribution in [3.63, 3.8) is 0 Å². The third-order valence-electron chi connectivity index (χ3n) is 5.33. The van der Waals surface area contributed by atoms with Crippen molar-refractivity contribution in [3.05, 3.63) is 59.9 Å². The molecule has 2 aliphatic rings. The molecular weight excluding hydrogens is 329 g/mol. The molecule has 2 aliphatic heterocycles. The topological polar surface area (TPSA) is 26.8 Å². The molecule has 0 unspecified atom stereocenters. The lowest BCUT2D eigenvalue weighted by Crippen LogP contribution is -2.48. The number of rotatable bonds is 3. The Bertz CT molecular complexity index is 766. The fourth-order valence-corrected chi connectivity index (χ4v) is 3.83. The van der Waals surface area contributed by atoms with Crippen LogP contribution in [0, 0.1) is 5.82 Å². The van der Waals surface area contributed by atoms with Gasteiger partial charge in [0.15, 0.2) is 0 Å². The molecule has 0 aromatic heterocycles. The lowest BCUT2D eigenvalue weighted by Gasteiger charge is -2.36. The number of amides is 1. The van der Waals surface area contributed by atoms with Gasteiger partial charge in [0.05, 0.1) is 5.69 Å². The van der Waals surface area contributed by atoms with Crippen molar-refractivity contribution in [2.75, 3.05) is 49.1 Å². The zero-order chi connectivity index (χ0) is 17.9. The van der Waals surface area contributed by atoms with Crippen molar-refractivity contribution in [2.24, 2.45) is 0 Å². The Kier molecular flexibility index (Phi) is 4.78. The molecule has 5 heteroatoms. The second-order valence-corrected chi connectivity index (χ2v) is 6.98. The Hall–Kier alpha value is -2.56. The SMILES string of the molecule is O=C(c1ccccc1)N1CCN(c2ccc(F)c(N3CCCC3)c2)CC1. The summed E-state index contributed by atoms with van der Waals surface area (Å²) in [4.78, 5) is 18.8. The van der Waals surface area contributed by atoms with Crippen LogP contribution in [0.4, 0.5) is 15.8 Å². The summed E-state index contributed by atoms with van der Waals surface area (Å²) < 4.78 is 14.2. The molecule has 4 rings (SSSR count). The van der Waals surface area contributed by atoms with E-state index < -0.39 is 0 Å². The van der Waals surface area contributed by atoms with Crippen LogP contribution in [0.1, 0.15) is 23.2 Å². The third-order valence-corrected chi connectivity index (χ3v) is 5.33. The molecular formula is C21H24FN3O. The monoisotopic (exact) mass is 353 g/mol. The van der Waals surface area contributed by atoms with Gasteiger partial charge in [0.1, 0.15) is 5.82 Å². The molecule has 26 heavy (non-hydrogen) atoms. The number of hydrogen-bond acceptors (Lipinski definition) is 3. The van der Waals surface area contributed by atoms with Crippen LogP contribution in [-0.4, -0.2) is 50.1 Å². The van der Waals surface area contributed by atoms with Gasteiger partial charge in [-0.2, -0.15) is 0 Å². The van der Waals surface area contributed by atoms with Gasteiger partial charge in [-0.3, -0.25) is 4.79 Å². The molecule has 0 bridgehead atoms. The van der Waals surface area contributed by atoms with E-state index in [1.165, 1.54) is 0 Å². The molecule has 2 heterocycles. The molecule has 2 fully saturated rings. The zero-order valence-corrected chi connectivity index (χ0v) is 14.9. The van der Waals surface area contributed by atoms with Crippen molar-refractivity contribution in [2.45, 2.75) is 12.8 Å². The molecule has 136 valence electrons. The van der Waals surface area contributed by atoms with E-state index in [9.17, 15) is 9.18 Å². The summed E-state index contributed by atoms with van der Waals surface area (Å²) in [5.41, 5.74) is 2.49. The van der Waals surface area contributed by atoms with E-state index in [4.69, 9.17) is 0 Å². The zero-order valence-electron chi connectivity index (χ0n) is 14.9. The second kappa shape index (κ2) is 7.36. The molecule has 0 atom stereocenters. The summed E-state index contributed by atoms with van der Waals surface area (Å²) in [6.07, 6.45) is 2.26. The van der Waals surface area contributed by atoms with E-state index in [1.807, 2.05) is 47.4 Å². The molecule has 1 amide bonds. The molecule has 2 saturated heterocycles. The molecule has 0 spiro atoms. The second-order valence-electron chi connectivity index (χ2n) is 6.98. The summed E-state index contributed by atoms with van der Waals surface area (Å²) in [6.45, 7) is 4.76. The molecule has 0 aliphatic carbocycles. The Morgan fingerprint density at radius 1 is 0.808 bits per heavy atom. The van der Waals surface area contributed by atoms with Crippen molar-refractivity contribution in [1.82, 2.24) is 4.90 Å². The maximum absolute atomic E-state index is 14.2. The number of carbonyl (C=O) groups excluding carboxylic acids is 1.